The number of nitrogens with zero attached hydrogens (tertiary/aromatic N) is 1. The van der Waals surface area contributed by atoms with Gasteiger partial charge in [-0.1, -0.05) is 6.07 Å². The summed E-state index contributed by atoms with van der Waals surface area (Å²) >= 11 is 3.39. The first-order chi connectivity index (χ1) is 12.7. The minimum Gasteiger partial charge on any atom is -0.507 e. The van der Waals surface area contributed by atoms with Crippen molar-refractivity contribution in [3.8, 4) is 11.5 Å². The molecule has 0 aliphatic heterocycles. The number of nitrogens with two attached hydrogens (primary N) is 1. The number of aromatic amines is 1. The number of halogens is 1. The van der Waals surface area contributed by atoms with Gasteiger partial charge in [-0.25, -0.2) is 4.98 Å². The van der Waals surface area contributed by atoms with Gasteiger partial charge >= 0.3 is 0 Å². The summed E-state index contributed by atoms with van der Waals surface area (Å²) in [6, 6.07) is 13.4. The number of nitrogens with one attached hydrogen (secondary N) is 1. The van der Waals surface area contributed by atoms with Gasteiger partial charge in [0, 0.05) is 22.5 Å². The number of rotatable bonds is 5. The number of phenolic OH excluding ortho intramolecular Hbond substituents is 1. The molecule has 2 aromatic heterocycles. The summed E-state index contributed by atoms with van der Waals surface area (Å²) in [6.07, 6.45) is 2.82. The zero-order valence-electron chi connectivity index (χ0n) is 14.0. The van der Waals surface area contributed by atoms with Crippen LogP contribution in [0.15, 0.2) is 53.1 Å². The van der Waals surface area contributed by atoms with Gasteiger partial charge in [0.25, 0.3) is 0 Å². The van der Waals surface area contributed by atoms with Crippen molar-refractivity contribution in [2.75, 3.05) is 6.54 Å². The van der Waals surface area contributed by atoms with Gasteiger partial charge in [0.1, 0.15) is 18.1 Å². The van der Waals surface area contributed by atoms with Crippen LogP contribution in [-0.2, 0) is 13.0 Å². The smallest absolute Gasteiger partial charge is 0.132 e. The lowest BCUT2D eigenvalue weighted by molar-refractivity contribution is 0.302. The molecule has 0 unspecified atom stereocenters. The van der Waals surface area contributed by atoms with Crippen LogP contribution in [0.3, 0.4) is 0 Å². The molecular formula is C20H18BrN3O2. The monoisotopic (exact) mass is 411 g/mol. The van der Waals surface area contributed by atoms with Gasteiger partial charge in [0.2, 0.25) is 0 Å². The van der Waals surface area contributed by atoms with E-state index in [0.29, 0.717) is 17.6 Å². The number of aromatic hydroxyl groups is 1. The van der Waals surface area contributed by atoms with Crippen LogP contribution >= 0.6 is 15.9 Å². The van der Waals surface area contributed by atoms with E-state index < -0.39 is 0 Å². The summed E-state index contributed by atoms with van der Waals surface area (Å²) in [5, 5.41) is 11.9. The van der Waals surface area contributed by atoms with Crippen molar-refractivity contribution in [1.82, 2.24) is 9.97 Å². The Hall–Kier alpha value is -2.57. The van der Waals surface area contributed by atoms with Crippen LogP contribution in [0.4, 0.5) is 0 Å². The summed E-state index contributed by atoms with van der Waals surface area (Å²) in [7, 11) is 0. The Labute approximate surface area is 158 Å². The molecule has 0 saturated carbocycles. The molecule has 2 aromatic carbocycles. The molecular weight excluding hydrogens is 394 g/mol. The molecule has 0 spiro atoms. The van der Waals surface area contributed by atoms with Gasteiger partial charge in [-0.2, -0.15) is 0 Å². The van der Waals surface area contributed by atoms with Crippen LogP contribution in [0.1, 0.15) is 11.3 Å². The predicted octanol–water partition coefficient (Wildman–Crippen LogP) is 4.26. The zero-order chi connectivity index (χ0) is 18.1. The SMILES string of the molecule is NCCc1c[nH]c2ccc(OCc3ccc4ccc(O)c(Br)c4n3)cc12. The van der Waals surface area contributed by atoms with Crippen LogP contribution in [-0.4, -0.2) is 21.6 Å². The van der Waals surface area contributed by atoms with E-state index >= 15 is 0 Å². The molecule has 4 aromatic rings. The Morgan fingerprint density at radius 3 is 2.85 bits per heavy atom. The van der Waals surface area contributed by atoms with Crippen molar-refractivity contribution in [2.24, 2.45) is 5.73 Å². The minimum atomic E-state index is 0.174. The molecule has 0 bridgehead atoms. The number of benzene rings is 2. The molecule has 0 amide bonds. The van der Waals surface area contributed by atoms with Crippen LogP contribution in [0.2, 0.25) is 0 Å². The van der Waals surface area contributed by atoms with Gasteiger partial charge in [-0.3, -0.25) is 0 Å². The average Bonchev–Trinajstić information content (AvgIpc) is 3.06. The molecule has 0 fully saturated rings. The number of H-pyrrole nitrogens is 1. The highest BCUT2D eigenvalue weighted by Gasteiger charge is 2.08. The maximum atomic E-state index is 9.84. The highest BCUT2D eigenvalue weighted by molar-refractivity contribution is 9.10. The summed E-state index contributed by atoms with van der Waals surface area (Å²) in [6.45, 7) is 0.959. The van der Waals surface area contributed by atoms with Crippen molar-refractivity contribution in [2.45, 2.75) is 13.0 Å². The second kappa shape index (κ2) is 6.97. The molecule has 0 aliphatic carbocycles. The van der Waals surface area contributed by atoms with E-state index in [1.165, 1.54) is 5.56 Å². The number of aromatic nitrogens is 2. The number of hydrogen-bond donors (Lipinski definition) is 3. The standard InChI is InChI=1S/C20H18BrN3O2/c21-19-18(25)6-2-12-1-3-14(24-20(12)19)11-26-15-4-5-17-16(9-15)13(7-8-22)10-23-17/h1-6,9-10,23,25H,7-8,11,22H2. The summed E-state index contributed by atoms with van der Waals surface area (Å²) < 4.78 is 6.53. The number of hydrogen-bond acceptors (Lipinski definition) is 4. The first-order valence-corrected chi connectivity index (χ1v) is 9.15. The lowest BCUT2D eigenvalue weighted by Gasteiger charge is -2.08. The summed E-state index contributed by atoms with van der Waals surface area (Å²) in [4.78, 5) is 7.85. The zero-order valence-corrected chi connectivity index (χ0v) is 15.6. The number of ether oxygens (including phenoxy) is 1. The maximum absolute atomic E-state index is 9.84. The molecule has 0 aliphatic rings. The third-order valence-corrected chi connectivity index (χ3v) is 5.16. The molecule has 5 nitrogen and oxygen atoms in total. The minimum absolute atomic E-state index is 0.174. The maximum Gasteiger partial charge on any atom is 0.132 e. The lowest BCUT2D eigenvalue weighted by atomic mass is 10.1. The van der Waals surface area contributed by atoms with E-state index in [2.05, 4.69) is 25.9 Å². The topological polar surface area (TPSA) is 84.2 Å². The average molecular weight is 412 g/mol. The Kier molecular flexibility index (Phi) is 4.53. The van der Waals surface area contributed by atoms with Crippen LogP contribution in [0.5, 0.6) is 11.5 Å². The quantitative estimate of drug-likeness (QED) is 0.457. The highest BCUT2D eigenvalue weighted by Crippen LogP contribution is 2.31. The van der Waals surface area contributed by atoms with Crippen molar-refractivity contribution in [3.63, 3.8) is 0 Å². The molecule has 26 heavy (non-hydrogen) atoms. The van der Waals surface area contributed by atoms with Crippen molar-refractivity contribution < 1.29 is 9.84 Å². The first kappa shape index (κ1) is 16.9. The van der Waals surface area contributed by atoms with Crippen LogP contribution in [0.25, 0.3) is 21.8 Å². The molecule has 4 rings (SSSR count). The second-order valence-corrected chi connectivity index (χ2v) is 6.91. The first-order valence-electron chi connectivity index (χ1n) is 8.35. The normalized spacial score (nSPS) is 11.3. The molecule has 0 saturated heterocycles. The van der Waals surface area contributed by atoms with Crippen LogP contribution < -0.4 is 10.5 Å². The molecule has 2 heterocycles. The number of phenols is 1. The number of fused-ring (bicyclic) bond motifs is 2. The largest absolute Gasteiger partial charge is 0.507 e. The highest BCUT2D eigenvalue weighted by atomic mass is 79.9. The van der Waals surface area contributed by atoms with Crippen molar-refractivity contribution in [3.05, 3.63) is 64.4 Å². The molecule has 0 atom stereocenters. The Morgan fingerprint density at radius 2 is 2.00 bits per heavy atom. The molecule has 6 heteroatoms. The Morgan fingerprint density at radius 1 is 1.15 bits per heavy atom. The fourth-order valence-electron chi connectivity index (χ4n) is 3.03. The summed E-state index contributed by atoms with van der Waals surface area (Å²) in [5.74, 6) is 0.959. The van der Waals surface area contributed by atoms with E-state index in [0.717, 1.165) is 39.7 Å². The Bertz CT molecular complexity index is 1090. The van der Waals surface area contributed by atoms with Gasteiger partial charge in [-0.15, -0.1) is 0 Å². The van der Waals surface area contributed by atoms with Gasteiger partial charge in [0.15, 0.2) is 0 Å². The van der Waals surface area contributed by atoms with Crippen molar-refractivity contribution >= 4 is 37.7 Å². The van der Waals surface area contributed by atoms with Gasteiger partial charge in [-0.05, 0) is 70.9 Å². The molecule has 4 N–H and O–H groups in total. The van der Waals surface area contributed by atoms with Gasteiger partial charge < -0.3 is 20.6 Å². The van der Waals surface area contributed by atoms with E-state index in [-0.39, 0.29) is 5.75 Å². The lowest BCUT2D eigenvalue weighted by Crippen LogP contribution is -2.02. The van der Waals surface area contributed by atoms with E-state index in [4.69, 9.17) is 10.5 Å². The third kappa shape index (κ3) is 3.13. The van der Waals surface area contributed by atoms with Gasteiger partial charge in [0.05, 0.1) is 15.7 Å². The summed E-state index contributed by atoms with van der Waals surface area (Å²) in [5.41, 5.74) is 9.45. The molecule has 0 radical (unpaired) electrons. The van der Waals surface area contributed by atoms with E-state index in [9.17, 15) is 5.11 Å². The third-order valence-electron chi connectivity index (χ3n) is 4.38. The van der Waals surface area contributed by atoms with Crippen LogP contribution in [0, 0.1) is 0 Å². The van der Waals surface area contributed by atoms with E-state index in [1.807, 2.05) is 42.6 Å². The molecule has 132 valence electrons. The fourth-order valence-corrected chi connectivity index (χ4v) is 3.48. The predicted molar refractivity (Wildman–Crippen MR) is 106 cm³/mol. The number of pyridine rings is 1. The second-order valence-electron chi connectivity index (χ2n) is 6.12. The van der Waals surface area contributed by atoms with Crippen molar-refractivity contribution in [1.29, 1.82) is 0 Å². The van der Waals surface area contributed by atoms with E-state index in [1.54, 1.807) is 6.07 Å². The fraction of sp³-hybridized carbons (Fsp3) is 0.150. The Balaban J connectivity index is 1.58.